The third-order valence-electron chi connectivity index (χ3n) is 4.28. The minimum Gasteiger partial charge on any atom is -0.382 e. The second-order valence-corrected chi connectivity index (χ2v) is 5.87. The Bertz CT molecular complexity index is 688. The van der Waals surface area contributed by atoms with E-state index in [2.05, 4.69) is 10.3 Å². The zero-order valence-corrected chi connectivity index (χ0v) is 13.5. The highest BCUT2D eigenvalue weighted by atomic mass is 16.5. The fourth-order valence-corrected chi connectivity index (χ4v) is 3.09. The highest BCUT2D eigenvalue weighted by Crippen LogP contribution is 2.26. The number of anilines is 1. The maximum absolute atomic E-state index is 12.9. The van der Waals surface area contributed by atoms with Crippen LogP contribution in [-0.2, 0) is 11.3 Å². The Morgan fingerprint density at radius 2 is 2.30 bits per heavy atom. The van der Waals surface area contributed by atoms with Gasteiger partial charge >= 0.3 is 0 Å². The normalized spacial score (nSPS) is 21.1. The maximum atomic E-state index is 12.9. The van der Waals surface area contributed by atoms with E-state index >= 15 is 0 Å². The minimum atomic E-state index is -0.0778. The molecule has 3 rings (SSSR count). The van der Waals surface area contributed by atoms with Gasteiger partial charge in [0, 0.05) is 19.9 Å². The summed E-state index contributed by atoms with van der Waals surface area (Å²) in [6.45, 7) is 4.64. The van der Waals surface area contributed by atoms with Gasteiger partial charge in [0.05, 0.1) is 24.4 Å². The van der Waals surface area contributed by atoms with Gasteiger partial charge in [0.1, 0.15) is 17.1 Å². The van der Waals surface area contributed by atoms with E-state index in [1.54, 1.807) is 31.7 Å². The number of aromatic nitrogens is 3. The Morgan fingerprint density at radius 1 is 1.52 bits per heavy atom. The third kappa shape index (κ3) is 2.94. The third-order valence-corrected chi connectivity index (χ3v) is 4.28. The fourth-order valence-electron chi connectivity index (χ4n) is 3.09. The highest BCUT2D eigenvalue weighted by Gasteiger charge is 2.37. The van der Waals surface area contributed by atoms with Crippen molar-refractivity contribution in [3.63, 3.8) is 0 Å². The molecule has 1 amide bonds. The first-order valence-electron chi connectivity index (χ1n) is 7.55. The van der Waals surface area contributed by atoms with E-state index in [0.29, 0.717) is 35.9 Å². The number of nitrogen functional groups attached to an aromatic ring is 1. The van der Waals surface area contributed by atoms with E-state index in [0.717, 1.165) is 6.42 Å². The Kier molecular flexibility index (Phi) is 4.08. The maximum Gasteiger partial charge on any atom is 0.259 e. The summed E-state index contributed by atoms with van der Waals surface area (Å²) in [6.07, 6.45) is 2.58. The molecule has 0 spiro atoms. The van der Waals surface area contributed by atoms with E-state index in [-0.39, 0.29) is 18.1 Å². The van der Waals surface area contributed by atoms with Gasteiger partial charge in [0.15, 0.2) is 0 Å². The Morgan fingerprint density at radius 3 is 2.87 bits per heavy atom. The molecule has 0 radical (unpaired) electrons. The van der Waals surface area contributed by atoms with Crippen LogP contribution in [0.5, 0.6) is 0 Å². The number of methoxy groups -OCH3 is 1. The van der Waals surface area contributed by atoms with Crippen LogP contribution in [0.4, 0.5) is 5.82 Å². The molecule has 2 aromatic heterocycles. The average Bonchev–Trinajstić information content (AvgIpc) is 3.19. The van der Waals surface area contributed by atoms with Gasteiger partial charge in [-0.2, -0.15) is 5.10 Å². The van der Waals surface area contributed by atoms with E-state index in [4.69, 9.17) is 15.0 Å². The summed E-state index contributed by atoms with van der Waals surface area (Å²) in [5.41, 5.74) is 6.80. The number of rotatable bonds is 4. The Balaban J connectivity index is 1.84. The van der Waals surface area contributed by atoms with Crippen LogP contribution in [0.3, 0.4) is 0 Å². The predicted octanol–water partition coefficient (Wildman–Crippen LogP) is 1.000. The molecule has 1 saturated heterocycles. The number of amides is 1. The van der Waals surface area contributed by atoms with E-state index in [1.807, 2.05) is 11.1 Å². The molecule has 1 aliphatic heterocycles. The van der Waals surface area contributed by atoms with Gasteiger partial charge in [0.25, 0.3) is 5.91 Å². The largest absolute Gasteiger partial charge is 0.382 e. The first-order valence-corrected chi connectivity index (χ1v) is 7.55. The molecule has 1 aliphatic rings. The molecule has 8 nitrogen and oxygen atoms in total. The summed E-state index contributed by atoms with van der Waals surface area (Å²) in [6, 6.07) is 1.73. The predicted molar refractivity (Wildman–Crippen MR) is 82.9 cm³/mol. The van der Waals surface area contributed by atoms with Crippen LogP contribution in [0.25, 0.3) is 0 Å². The molecule has 2 aromatic rings. The zero-order valence-electron chi connectivity index (χ0n) is 13.5. The lowest BCUT2D eigenvalue weighted by molar-refractivity contribution is 0.0676. The first-order chi connectivity index (χ1) is 11.0. The van der Waals surface area contributed by atoms with Crippen LogP contribution >= 0.6 is 0 Å². The SMILES string of the molecule is CO[C@H]1C[C@@H](Cn2ccc(N)n2)N(C(=O)c2c(C)noc2C)C1. The molecule has 2 N–H and O–H groups in total. The van der Waals surface area contributed by atoms with Crippen molar-refractivity contribution in [1.82, 2.24) is 19.8 Å². The van der Waals surface area contributed by atoms with Gasteiger partial charge in [-0.25, -0.2) is 0 Å². The molecule has 3 heterocycles. The average molecular weight is 319 g/mol. The van der Waals surface area contributed by atoms with Gasteiger partial charge in [-0.05, 0) is 26.3 Å². The summed E-state index contributed by atoms with van der Waals surface area (Å²) in [5.74, 6) is 0.927. The van der Waals surface area contributed by atoms with Crippen molar-refractivity contribution in [2.24, 2.45) is 0 Å². The van der Waals surface area contributed by atoms with E-state index < -0.39 is 0 Å². The number of ether oxygens (including phenoxy) is 1. The van der Waals surface area contributed by atoms with Crippen LogP contribution in [-0.4, -0.2) is 51.5 Å². The number of nitrogens with two attached hydrogens (primary N) is 1. The molecule has 2 atom stereocenters. The molecule has 1 fully saturated rings. The van der Waals surface area contributed by atoms with Crippen molar-refractivity contribution in [1.29, 1.82) is 0 Å². The lowest BCUT2D eigenvalue weighted by Gasteiger charge is -2.24. The van der Waals surface area contributed by atoms with Crippen molar-refractivity contribution in [3.05, 3.63) is 29.3 Å². The van der Waals surface area contributed by atoms with Crippen LogP contribution < -0.4 is 5.73 Å². The number of hydrogen-bond acceptors (Lipinski definition) is 6. The molecule has 124 valence electrons. The van der Waals surface area contributed by atoms with Crippen LogP contribution in [0.2, 0.25) is 0 Å². The van der Waals surface area contributed by atoms with Gasteiger partial charge < -0.3 is 19.9 Å². The standard InChI is InChI=1S/C15H21N5O3/c1-9-14(10(2)23-18-9)15(21)20-8-12(22-3)6-11(20)7-19-5-4-13(16)17-19/h4-5,11-12H,6-8H2,1-3H3,(H2,16,17)/t11-,12-/m0/s1. The minimum absolute atomic E-state index is 0.0114. The summed E-state index contributed by atoms with van der Waals surface area (Å²) in [5, 5.41) is 8.07. The van der Waals surface area contributed by atoms with Gasteiger partial charge in [0.2, 0.25) is 0 Å². The smallest absolute Gasteiger partial charge is 0.259 e. The number of hydrogen-bond donors (Lipinski definition) is 1. The summed E-state index contributed by atoms with van der Waals surface area (Å²) in [7, 11) is 1.66. The molecule has 23 heavy (non-hydrogen) atoms. The monoisotopic (exact) mass is 319 g/mol. The Labute approximate surface area is 134 Å². The number of nitrogens with zero attached hydrogens (tertiary/aromatic N) is 4. The number of carbonyl (C=O) groups excluding carboxylic acids is 1. The molecule has 0 aliphatic carbocycles. The van der Waals surface area contributed by atoms with Crippen LogP contribution in [0.1, 0.15) is 28.2 Å². The summed E-state index contributed by atoms with van der Waals surface area (Å²) >= 11 is 0. The summed E-state index contributed by atoms with van der Waals surface area (Å²) in [4.78, 5) is 14.8. The lowest BCUT2D eigenvalue weighted by atomic mass is 10.1. The molecule has 0 aromatic carbocycles. The summed E-state index contributed by atoms with van der Waals surface area (Å²) < 4.78 is 12.3. The fraction of sp³-hybridized carbons (Fsp3) is 0.533. The number of carbonyl (C=O) groups is 1. The molecule has 0 saturated carbocycles. The number of likely N-dealkylation sites (tertiary alicyclic amines) is 1. The van der Waals surface area contributed by atoms with Crippen LogP contribution in [0, 0.1) is 13.8 Å². The molecule has 8 heteroatoms. The van der Waals surface area contributed by atoms with Crippen molar-refractivity contribution in [3.8, 4) is 0 Å². The van der Waals surface area contributed by atoms with Gasteiger partial charge in [-0.3, -0.25) is 9.48 Å². The van der Waals surface area contributed by atoms with Gasteiger partial charge in [-0.1, -0.05) is 5.16 Å². The van der Waals surface area contributed by atoms with Crippen molar-refractivity contribution < 1.29 is 14.1 Å². The molecule has 0 bridgehead atoms. The molecular formula is C15H21N5O3. The van der Waals surface area contributed by atoms with Crippen LogP contribution in [0.15, 0.2) is 16.8 Å². The first kappa shape index (κ1) is 15.5. The molecular weight excluding hydrogens is 298 g/mol. The van der Waals surface area contributed by atoms with Crippen molar-refractivity contribution in [2.45, 2.75) is 39.0 Å². The molecule has 0 unspecified atom stereocenters. The van der Waals surface area contributed by atoms with E-state index in [9.17, 15) is 4.79 Å². The topological polar surface area (TPSA) is 99.4 Å². The Hall–Kier alpha value is -2.35. The quantitative estimate of drug-likeness (QED) is 0.902. The van der Waals surface area contributed by atoms with Crippen molar-refractivity contribution in [2.75, 3.05) is 19.4 Å². The van der Waals surface area contributed by atoms with Crippen molar-refractivity contribution >= 4 is 11.7 Å². The van der Waals surface area contributed by atoms with E-state index in [1.165, 1.54) is 0 Å². The lowest BCUT2D eigenvalue weighted by Crippen LogP contribution is -2.39. The van der Waals surface area contributed by atoms with Gasteiger partial charge in [-0.15, -0.1) is 0 Å². The second-order valence-electron chi connectivity index (χ2n) is 5.87. The second kappa shape index (κ2) is 6.04. The number of aryl methyl sites for hydroxylation is 2. The zero-order chi connectivity index (χ0) is 16.6. The highest BCUT2D eigenvalue weighted by molar-refractivity contribution is 5.96.